The largest absolute Gasteiger partial charge is 0.469 e. The molecule has 0 unspecified atom stereocenters. The Hall–Kier alpha value is -1.13. The Balaban J connectivity index is 2.08. The molecule has 0 spiro atoms. The first-order valence-corrected chi connectivity index (χ1v) is 4.28. The molecule has 4 nitrogen and oxygen atoms in total. The Kier molecular flexibility index (Phi) is 2.42. The Morgan fingerprint density at radius 1 is 1.62 bits per heavy atom. The third kappa shape index (κ3) is 1.79. The second-order valence-electron chi connectivity index (χ2n) is 2.95. The van der Waals surface area contributed by atoms with E-state index in [0.29, 0.717) is 25.6 Å². The molecule has 0 aromatic carbocycles. The molecule has 13 heavy (non-hydrogen) atoms. The van der Waals surface area contributed by atoms with Crippen LogP contribution in [0.4, 0.5) is 0 Å². The lowest BCUT2D eigenvalue weighted by Gasteiger charge is -2.26. The summed E-state index contributed by atoms with van der Waals surface area (Å²) in [6.07, 6.45) is 1.86. The van der Waals surface area contributed by atoms with Crippen molar-refractivity contribution in [1.82, 2.24) is 4.98 Å². The molecule has 0 saturated carbocycles. The van der Waals surface area contributed by atoms with Gasteiger partial charge in [-0.3, -0.25) is 0 Å². The van der Waals surface area contributed by atoms with Crippen molar-refractivity contribution in [2.24, 2.45) is 5.73 Å². The number of rotatable bonds is 3. The van der Waals surface area contributed by atoms with Gasteiger partial charge in [0.05, 0.1) is 13.2 Å². The smallest absolute Gasteiger partial charge is 0.218 e. The van der Waals surface area contributed by atoms with Crippen LogP contribution in [-0.2, 0) is 11.3 Å². The highest BCUT2D eigenvalue weighted by Gasteiger charge is 2.21. The maximum atomic E-state index is 5.56. The van der Waals surface area contributed by atoms with E-state index in [0.717, 1.165) is 5.56 Å². The number of pyridine rings is 1. The van der Waals surface area contributed by atoms with E-state index in [1.807, 2.05) is 12.1 Å². The fraction of sp³-hybridized carbons (Fsp3) is 0.444. The molecule has 4 heteroatoms. The van der Waals surface area contributed by atoms with Gasteiger partial charge in [-0.15, -0.1) is 0 Å². The minimum Gasteiger partial charge on any atom is -0.469 e. The summed E-state index contributed by atoms with van der Waals surface area (Å²) in [6.45, 7) is 1.76. The molecule has 1 aromatic rings. The van der Waals surface area contributed by atoms with Crippen LogP contribution in [0.3, 0.4) is 0 Å². The van der Waals surface area contributed by atoms with E-state index in [9.17, 15) is 0 Å². The van der Waals surface area contributed by atoms with Crippen molar-refractivity contribution in [2.75, 3.05) is 13.2 Å². The number of nitrogens with zero attached hydrogens (tertiary/aromatic N) is 1. The molecule has 0 amide bonds. The van der Waals surface area contributed by atoms with Crippen molar-refractivity contribution >= 4 is 0 Å². The molecule has 1 aliphatic heterocycles. The van der Waals surface area contributed by atoms with E-state index in [1.54, 1.807) is 6.20 Å². The molecule has 0 radical (unpaired) electrons. The minimum absolute atomic E-state index is 0.153. The molecular formula is C9H12N2O2. The first-order chi connectivity index (χ1) is 6.40. The van der Waals surface area contributed by atoms with Gasteiger partial charge < -0.3 is 15.2 Å². The summed E-state index contributed by atoms with van der Waals surface area (Å²) >= 11 is 0. The molecule has 1 saturated heterocycles. The van der Waals surface area contributed by atoms with Crippen molar-refractivity contribution < 1.29 is 9.47 Å². The van der Waals surface area contributed by atoms with Crippen molar-refractivity contribution in [3.63, 3.8) is 0 Å². The summed E-state index contributed by atoms with van der Waals surface area (Å²) < 4.78 is 10.6. The van der Waals surface area contributed by atoms with Crippen LogP contribution in [0.25, 0.3) is 0 Å². The van der Waals surface area contributed by atoms with Crippen LogP contribution in [0, 0.1) is 0 Å². The van der Waals surface area contributed by atoms with E-state index in [1.165, 1.54) is 0 Å². The van der Waals surface area contributed by atoms with Crippen LogP contribution in [0.15, 0.2) is 18.3 Å². The predicted octanol–water partition coefficient (Wildman–Crippen LogP) is 0.318. The standard InChI is InChI=1S/C9H12N2O2/c10-4-7-2-1-3-11-9(7)13-8-5-12-6-8/h1-3,8H,4-6,10H2. The zero-order chi connectivity index (χ0) is 9.10. The Bertz CT molecular complexity index is 287. The van der Waals surface area contributed by atoms with Crippen molar-refractivity contribution in [1.29, 1.82) is 0 Å². The van der Waals surface area contributed by atoms with Crippen LogP contribution in [-0.4, -0.2) is 24.3 Å². The summed E-state index contributed by atoms with van der Waals surface area (Å²) in [7, 11) is 0. The maximum Gasteiger partial charge on any atom is 0.218 e. The lowest BCUT2D eigenvalue weighted by atomic mass is 10.2. The normalized spacial score (nSPS) is 16.7. The maximum absolute atomic E-state index is 5.56. The second-order valence-corrected chi connectivity index (χ2v) is 2.95. The Morgan fingerprint density at radius 3 is 3.08 bits per heavy atom. The molecule has 1 aliphatic rings. The zero-order valence-electron chi connectivity index (χ0n) is 7.27. The third-order valence-electron chi connectivity index (χ3n) is 1.96. The lowest BCUT2D eigenvalue weighted by molar-refractivity contribution is -0.0816. The van der Waals surface area contributed by atoms with Gasteiger partial charge >= 0.3 is 0 Å². The quantitative estimate of drug-likeness (QED) is 0.727. The fourth-order valence-corrected chi connectivity index (χ4v) is 1.13. The predicted molar refractivity (Wildman–Crippen MR) is 47.4 cm³/mol. The van der Waals surface area contributed by atoms with Gasteiger partial charge in [0.15, 0.2) is 0 Å². The molecule has 1 aromatic heterocycles. The highest BCUT2D eigenvalue weighted by molar-refractivity contribution is 5.25. The third-order valence-corrected chi connectivity index (χ3v) is 1.96. The monoisotopic (exact) mass is 180 g/mol. The lowest BCUT2D eigenvalue weighted by Crippen LogP contribution is -2.39. The van der Waals surface area contributed by atoms with Gasteiger partial charge in [0, 0.05) is 18.3 Å². The summed E-state index contributed by atoms with van der Waals surface area (Å²) in [5.74, 6) is 0.637. The number of aromatic nitrogens is 1. The van der Waals surface area contributed by atoms with Gasteiger partial charge in [-0.25, -0.2) is 4.98 Å². The van der Waals surface area contributed by atoms with E-state index in [2.05, 4.69) is 4.98 Å². The molecule has 0 bridgehead atoms. The topological polar surface area (TPSA) is 57.4 Å². The van der Waals surface area contributed by atoms with Gasteiger partial charge in [0.1, 0.15) is 6.10 Å². The molecule has 2 N–H and O–H groups in total. The highest BCUT2D eigenvalue weighted by atomic mass is 16.6. The molecule has 2 heterocycles. The number of hydrogen-bond donors (Lipinski definition) is 1. The Labute approximate surface area is 76.7 Å². The Morgan fingerprint density at radius 2 is 2.46 bits per heavy atom. The highest BCUT2D eigenvalue weighted by Crippen LogP contribution is 2.17. The number of nitrogens with two attached hydrogens (primary N) is 1. The molecule has 2 rings (SSSR count). The fourth-order valence-electron chi connectivity index (χ4n) is 1.13. The minimum atomic E-state index is 0.153. The molecular weight excluding hydrogens is 168 g/mol. The molecule has 1 fully saturated rings. The SMILES string of the molecule is NCc1cccnc1OC1COC1. The van der Waals surface area contributed by atoms with Crippen molar-refractivity contribution in [3.05, 3.63) is 23.9 Å². The van der Waals surface area contributed by atoms with E-state index < -0.39 is 0 Å². The number of ether oxygens (including phenoxy) is 2. The zero-order valence-corrected chi connectivity index (χ0v) is 7.27. The second kappa shape index (κ2) is 3.72. The van der Waals surface area contributed by atoms with Gasteiger partial charge in [-0.2, -0.15) is 0 Å². The van der Waals surface area contributed by atoms with Crippen molar-refractivity contribution in [2.45, 2.75) is 12.6 Å². The van der Waals surface area contributed by atoms with Gasteiger partial charge in [0.25, 0.3) is 0 Å². The van der Waals surface area contributed by atoms with Gasteiger partial charge in [-0.1, -0.05) is 6.07 Å². The van der Waals surface area contributed by atoms with Crippen LogP contribution < -0.4 is 10.5 Å². The van der Waals surface area contributed by atoms with E-state index in [-0.39, 0.29) is 6.10 Å². The summed E-state index contributed by atoms with van der Waals surface area (Å²) in [6, 6.07) is 3.77. The first kappa shape index (κ1) is 8.47. The average Bonchev–Trinajstić information content (AvgIpc) is 2.12. The molecule has 70 valence electrons. The van der Waals surface area contributed by atoms with Gasteiger partial charge in [-0.05, 0) is 6.07 Å². The van der Waals surface area contributed by atoms with Gasteiger partial charge in [0.2, 0.25) is 5.88 Å². The molecule has 0 aliphatic carbocycles. The summed E-state index contributed by atoms with van der Waals surface area (Å²) in [5, 5.41) is 0. The van der Waals surface area contributed by atoms with Crippen LogP contribution in [0.2, 0.25) is 0 Å². The molecule has 0 atom stereocenters. The van der Waals surface area contributed by atoms with Crippen molar-refractivity contribution in [3.8, 4) is 5.88 Å². The van der Waals surface area contributed by atoms with Crippen LogP contribution in [0.1, 0.15) is 5.56 Å². The number of hydrogen-bond acceptors (Lipinski definition) is 4. The van der Waals surface area contributed by atoms with E-state index in [4.69, 9.17) is 15.2 Å². The van der Waals surface area contributed by atoms with E-state index >= 15 is 0 Å². The summed E-state index contributed by atoms with van der Waals surface area (Å²) in [4.78, 5) is 4.11. The summed E-state index contributed by atoms with van der Waals surface area (Å²) in [5.41, 5.74) is 6.47. The van der Waals surface area contributed by atoms with Crippen LogP contribution in [0.5, 0.6) is 5.88 Å². The van der Waals surface area contributed by atoms with Crippen LogP contribution >= 0.6 is 0 Å². The average molecular weight is 180 g/mol. The first-order valence-electron chi connectivity index (χ1n) is 4.28.